The second kappa shape index (κ2) is 16.6. The van der Waals surface area contributed by atoms with Crippen molar-refractivity contribution in [2.45, 2.75) is 6.42 Å². The Hall–Kier alpha value is -5.47. The van der Waals surface area contributed by atoms with Crippen LogP contribution in [0.25, 0.3) is 0 Å². The highest BCUT2D eigenvalue weighted by Crippen LogP contribution is 2.37. The van der Waals surface area contributed by atoms with Gasteiger partial charge in [0.25, 0.3) is 0 Å². The highest BCUT2D eigenvalue weighted by Gasteiger charge is 2.27. The fourth-order valence-corrected chi connectivity index (χ4v) is 5.16. The summed E-state index contributed by atoms with van der Waals surface area (Å²) in [5, 5.41) is 2.98. The number of nitrogens with one attached hydrogen (secondary N) is 1. The smallest absolute Gasteiger partial charge is 0.425 e. The molecule has 1 amide bonds. The van der Waals surface area contributed by atoms with Crippen molar-refractivity contribution < 1.29 is 37.7 Å². The van der Waals surface area contributed by atoms with E-state index in [0.717, 1.165) is 44.0 Å². The van der Waals surface area contributed by atoms with Gasteiger partial charge in [0.1, 0.15) is 28.6 Å². The molecule has 49 heavy (non-hydrogen) atoms. The Morgan fingerprint density at radius 2 is 1.71 bits per heavy atom. The number of carbonyl (C=O) groups is 2. The molecule has 0 aliphatic carbocycles. The molecule has 5 rings (SSSR count). The van der Waals surface area contributed by atoms with Crippen LogP contribution in [0.5, 0.6) is 23.0 Å². The summed E-state index contributed by atoms with van der Waals surface area (Å²) in [6.45, 7) is 5.41. The molecule has 1 fully saturated rings. The second-order valence-corrected chi connectivity index (χ2v) is 11.1. The first-order valence-electron chi connectivity index (χ1n) is 15.6. The van der Waals surface area contributed by atoms with E-state index in [2.05, 4.69) is 32.1 Å². The average molecular weight is 675 g/mol. The average Bonchev–Trinajstić information content (AvgIpc) is 3.12. The maximum absolute atomic E-state index is 15.0. The van der Waals surface area contributed by atoms with Crippen LogP contribution in [-0.4, -0.2) is 99.5 Å². The molecule has 1 saturated heterocycles. The highest BCUT2D eigenvalue weighted by atomic mass is 19.1. The molecule has 0 atom stereocenters. The van der Waals surface area contributed by atoms with Crippen LogP contribution in [0, 0.1) is 5.82 Å². The van der Waals surface area contributed by atoms with Crippen LogP contribution in [0.2, 0.25) is 0 Å². The summed E-state index contributed by atoms with van der Waals surface area (Å²) in [4.78, 5) is 40.9. The van der Waals surface area contributed by atoms with E-state index in [4.69, 9.17) is 23.7 Å². The van der Waals surface area contributed by atoms with Crippen LogP contribution < -0.4 is 29.2 Å². The van der Waals surface area contributed by atoms with E-state index in [1.807, 2.05) is 0 Å². The Bertz CT molecular complexity index is 1750. The number of para-hydroxylation sites is 1. The van der Waals surface area contributed by atoms with Crippen LogP contribution in [0.4, 0.5) is 32.3 Å². The van der Waals surface area contributed by atoms with E-state index in [0.29, 0.717) is 18.0 Å². The second-order valence-electron chi connectivity index (χ2n) is 11.1. The molecular formula is C35H39FN6O7. The van der Waals surface area contributed by atoms with E-state index in [1.165, 1.54) is 51.8 Å². The molecule has 2 heterocycles. The van der Waals surface area contributed by atoms with Crippen LogP contribution >= 0.6 is 0 Å². The van der Waals surface area contributed by atoms with Gasteiger partial charge in [-0.15, -0.1) is 0 Å². The number of hydrogen-bond acceptors (Lipinski definition) is 12. The third-order valence-corrected chi connectivity index (χ3v) is 7.83. The van der Waals surface area contributed by atoms with Gasteiger partial charge in [-0.3, -0.25) is 0 Å². The lowest BCUT2D eigenvalue weighted by Gasteiger charge is -2.32. The molecule has 0 radical (unpaired) electrons. The van der Waals surface area contributed by atoms with Crippen LogP contribution in [0.3, 0.4) is 0 Å². The fraction of sp³-hybridized carbons (Fsp3) is 0.314. The van der Waals surface area contributed by atoms with Gasteiger partial charge in [0.2, 0.25) is 5.95 Å². The van der Waals surface area contributed by atoms with Gasteiger partial charge in [0, 0.05) is 62.8 Å². The van der Waals surface area contributed by atoms with Gasteiger partial charge < -0.3 is 38.8 Å². The minimum Gasteiger partial charge on any atom is -0.497 e. The Balaban J connectivity index is 1.34. The summed E-state index contributed by atoms with van der Waals surface area (Å²) in [5.74, 6) is -0.197. The topological polar surface area (TPSA) is 128 Å². The Morgan fingerprint density at radius 3 is 2.45 bits per heavy atom. The number of halogens is 1. The lowest BCUT2D eigenvalue weighted by molar-refractivity contribution is 0.0598. The van der Waals surface area contributed by atoms with Gasteiger partial charge in [0.05, 0.1) is 33.6 Å². The van der Waals surface area contributed by atoms with Gasteiger partial charge in [-0.1, -0.05) is 12.1 Å². The number of piperazine rings is 1. The molecule has 1 aliphatic heterocycles. The summed E-state index contributed by atoms with van der Waals surface area (Å²) < 4.78 is 42.2. The zero-order valence-electron chi connectivity index (χ0n) is 27.8. The van der Waals surface area contributed by atoms with Crippen LogP contribution in [-0.2, 0) is 4.74 Å². The Morgan fingerprint density at radius 1 is 0.918 bits per heavy atom. The van der Waals surface area contributed by atoms with Crippen molar-refractivity contribution in [3.63, 3.8) is 0 Å². The van der Waals surface area contributed by atoms with Crippen molar-refractivity contribution in [1.82, 2.24) is 19.8 Å². The van der Waals surface area contributed by atoms with Gasteiger partial charge in [-0.05, 0) is 49.9 Å². The van der Waals surface area contributed by atoms with Crippen molar-refractivity contribution in [1.29, 1.82) is 0 Å². The summed E-state index contributed by atoms with van der Waals surface area (Å²) >= 11 is 0. The molecule has 4 aromatic rings. The largest absolute Gasteiger partial charge is 0.497 e. The number of likely N-dealkylation sites (N-methyl/N-ethyl adjacent to an activating group) is 1. The Labute approximate surface area is 284 Å². The van der Waals surface area contributed by atoms with E-state index >= 15 is 4.39 Å². The molecule has 0 saturated carbocycles. The number of ether oxygens (including phenoxy) is 5. The van der Waals surface area contributed by atoms with E-state index in [1.54, 1.807) is 42.5 Å². The normalized spacial score (nSPS) is 13.3. The maximum atomic E-state index is 15.0. The monoisotopic (exact) mass is 674 g/mol. The Kier molecular flexibility index (Phi) is 11.8. The lowest BCUT2D eigenvalue weighted by atomic mass is 10.2. The first-order valence-corrected chi connectivity index (χ1v) is 15.6. The molecule has 1 aliphatic rings. The number of methoxy groups -OCH3 is 3. The molecule has 0 spiro atoms. The van der Waals surface area contributed by atoms with Crippen molar-refractivity contribution in [3.8, 4) is 23.0 Å². The highest BCUT2D eigenvalue weighted by molar-refractivity contribution is 6.00. The number of carbonyl (C=O) groups excluding carboxylic acids is 2. The zero-order valence-corrected chi connectivity index (χ0v) is 27.8. The number of hydrogen-bond donors (Lipinski definition) is 1. The van der Waals surface area contributed by atoms with Gasteiger partial charge >= 0.3 is 12.1 Å². The number of nitrogens with zero attached hydrogens (tertiary/aromatic N) is 5. The summed E-state index contributed by atoms with van der Waals surface area (Å²) in [6.07, 6.45) is 1.30. The number of benzene rings is 3. The quantitative estimate of drug-likeness (QED) is 0.142. The standard InChI is InChI=1S/C35H39FN6O7/c1-40-17-19-41(20-18-40)16-7-21-48-30-13-10-24(22-27(30)36)38-34-37-15-14-32(39-34)42(28-12-11-25(45-2)23-31(28)46-3)35(44)49-29-9-6-5-8-26(29)33(43)47-4/h5-6,8-15,22-23H,7,16-21H2,1-4H3,(H,37,38,39). The predicted molar refractivity (Wildman–Crippen MR) is 181 cm³/mol. The minimum absolute atomic E-state index is 0.0265. The molecule has 14 heteroatoms. The van der Waals surface area contributed by atoms with Gasteiger partial charge in [0.15, 0.2) is 11.6 Å². The van der Waals surface area contributed by atoms with Crippen LogP contribution in [0.1, 0.15) is 16.8 Å². The van der Waals surface area contributed by atoms with Gasteiger partial charge in [-0.2, -0.15) is 4.98 Å². The van der Waals surface area contributed by atoms with E-state index < -0.39 is 17.9 Å². The molecule has 3 aromatic carbocycles. The number of anilines is 4. The number of amides is 1. The third-order valence-electron chi connectivity index (χ3n) is 7.83. The molecule has 1 N–H and O–H groups in total. The number of rotatable bonds is 13. The predicted octanol–water partition coefficient (Wildman–Crippen LogP) is 5.52. The van der Waals surface area contributed by atoms with E-state index in [9.17, 15) is 9.59 Å². The number of esters is 1. The molecule has 0 bridgehead atoms. The molecule has 0 unspecified atom stereocenters. The van der Waals surface area contributed by atoms with Gasteiger partial charge in [-0.25, -0.2) is 23.9 Å². The van der Waals surface area contributed by atoms with Crippen molar-refractivity contribution in [2.75, 3.05) is 77.9 Å². The summed E-state index contributed by atoms with van der Waals surface area (Å²) in [5.41, 5.74) is 0.672. The lowest BCUT2D eigenvalue weighted by Crippen LogP contribution is -2.44. The summed E-state index contributed by atoms with van der Waals surface area (Å²) in [7, 11) is 6.29. The fourth-order valence-electron chi connectivity index (χ4n) is 5.16. The maximum Gasteiger partial charge on any atom is 0.425 e. The van der Waals surface area contributed by atoms with Crippen molar-refractivity contribution in [3.05, 3.63) is 84.3 Å². The minimum atomic E-state index is -0.912. The molecule has 13 nitrogen and oxygen atoms in total. The SMILES string of the molecule is COC(=O)c1ccccc1OC(=O)N(c1ccnc(Nc2ccc(OCCCN3CCN(C)CC3)c(F)c2)n1)c1ccc(OC)cc1OC. The third kappa shape index (κ3) is 8.91. The number of aromatic nitrogens is 2. The molecule has 258 valence electrons. The van der Waals surface area contributed by atoms with Crippen LogP contribution in [0.15, 0.2) is 72.9 Å². The first-order chi connectivity index (χ1) is 23.8. The van der Waals surface area contributed by atoms with Crippen molar-refractivity contribution >= 4 is 35.2 Å². The summed E-state index contributed by atoms with van der Waals surface area (Å²) in [6, 6.07) is 17.0. The molecule has 1 aromatic heterocycles. The molecular weight excluding hydrogens is 635 g/mol. The first kappa shape index (κ1) is 34.9. The van der Waals surface area contributed by atoms with E-state index in [-0.39, 0.29) is 40.3 Å². The zero-order chi connectivity index (χ0) is 34.8. The van der Waals surface area contributed by atoms with Crippen molar-refractivity contribution in [2.24, 2.45) is 0 Å².